The van der Waals surface area contributed by atoms with Crippen LogP contribution in [0.25, 0.3) is 0 Å². The topological polar surface area (TPSA) is 66.0 Å². The van der Waals surface area contributed by atoms with Crippen LogP contribution >= 0.6 is 0 Å². The number of ether oxygens (including phenoxy) is 4. The summed E-state index contributed by atoms with van der Waals surface area (Å²) in [6.45, 7) is 4.89. The molecule has 0 aromatic heterocycles. The van der Waals surface area contributed by atoms with Crippen molar-refractivity contribution in [2.24, 2.45) is 5.92 Å². The number of benzene rings is 2. The van der Waals surface area contributed by atoms with E-state index in [1.165, 1.54) is 0 Å². The highest BCUT2D eigenvalue weighted by atomic mass is 16.7. The van der Waals surface area contributed by atoms with E-state index in [0.29, 0.717) is 18.0 Å². The van der Waals surface area contributed by atoms with Crippen molar-refractivity contribution < 1.29 is 23.7 Å². The maximum absolute atomic E-state index is 12.9. The van der Waals surface area contributed by atoms with Gasteiger partial charge in [-0.2, -0.15) is 0 Å². The molecule has 1 amide bonds. The largest absolute Gasteiger partial charge is 0.493 e. The zero-order valence-corrected chi connectivity index (χ0v) is 16.8. The first-order valence-corrected chi connectivity index (χ1v) is 9.41. The first kappa shape index (κ1) is 19.9. The van der Waals surface area contributed by atoms with E-state index in [0.717, 1.165) is 29.0 Å². The Kier molecular flexibility index (Phi) is 6.29. The summed E-state index contributed by atoms with van der Waals surface area (Å²) in [6.07, 6.45) is 0.721. The molecule has 0 saturated heterocycles. The lowest BCUT2D eigenvalue weighted by Crippen LogP contribution is -2.33. The zero-order chi connectivity index (χ0) is 20.1. The molecule has 6 nitrogen and oxygen atoms in total. The highest BCUT2D eigenvalue weighted by Crippen LogP contribution is 2.34. The van der Waals surface area contributed by atoms with Crippen LogP contribution in [0.5, 0.6) is 23.0 Å². The minimum absolute atomic E-state index is 0.00274. The number of carbonyl (C=O) groups is 1. The van der Waals surface area contributed by atoms with Gasteiger partial charge in [-0.15, -0.1) is 0 Å². The molecule has 150 valence electrons. The molecule has 1 heterocycles. The zero-order valence-electron chi connectivity index (χ0n) is 16.8. The Balaban J connectivity index is 1.65. The second-order valence-electron chi connectivity index (χ2n) is 7.06. The summed E-state index contributed by atoms with van der Waals surface area (Å²) in [5.74, 6) is 2.68. The quantitative estimate of drug-likeness (QED) is 0.753. The lowest BCUT2D eigenvalue weighted by Gasteiger charge is -2.22. The Labute approximate surface area is 165 Å². The van der Waals surface area contributed by atoms with Gasteiger partial charge in [-0.1, -0.05) is 26.0 Å². The smallest absolute Gasteiger partial charge is 0.231 e. The fourth-order valence-corrected chi connectivity index (χ4v) is 3.42. The number of nitrogens with one attached hydrogen (secondary N) is 1. The molecule has 2 aromatic rings. The maximum atomic E-state index is 12.9. The number of amides is 1. The minimum atomic E-state index is -0.267. The van der Waals surface area contributed by atoms with Crippen molar-refractivity contribution in [2.75, 3.05) is 27.6 Å². The van der Waals surface area contributed by atoms with Gasteiger partial charge in [-0.25, -0.2) is 0 Å². The van der Waals surface area contributed by atoms with Gasteiger partial charge in [0.2, 0.25) is 12.7 Å². The summed E-state index contributed by atoms with van der Waals surface area (Å²) in [4.78, 5) is 12.9. The lowest BCUT2D eigenvalue weighted by molar-refractivity contribution is -0.123. The predicted molar refractivity (Wildman–Crippen MR) is 106 cm³/mol. The van der Waals surface area contributed by atoms with E-state index in [1.54, 1.807) is 14.2 Å². The van der Waals surface area contributed by atoms with E-state index in [1.807, 2.05) is 50.2 Å². The molecule has 0 bridgehead atoms. The Bertz CT molecular complexity index is 834. The van der Waals surface area contributed by atoms with Crippen LogP contribution in [0.2, 0.25) is 0 Å². The van der Waals surface area contributed by atoms with Crippen LogP contribution in [0.1, 0.15) is 30.9 Å². The molecular weight excluding hydrogens is 358 g/mol. The molecule has 0 radical (unpaired) electrons. The molecule has 1 aliphatic rings. The van der Waals surface area contributed by atoms with E-state index in [2.05, 4.69) is 5.32 Å². The normalized spacial score (nSPS) is 13.3. The molecule has 28 heavy (non-hydrogen) atoms. The third-order valence-electron chi connectivity index (χ3n) is 4.87. The molecule has 1 aliphatic heterocycles. The highest BCUT2D eigenvalue weighted by molar-refractivity contribution is 5.84. The van der Waals surface area contributed by atoms with E-state index in [-0.39, 0.29) is 24.5 Å². The Morgan fingerprint density at radius 2 is 1.79 bits per heavy atom. The monoisotopic (exact) mass is 385 g/mol. The van der Waals surface area contributed by atoms with E-state index in [4.69, 9.17) is 18.9 Å². The Hall–Kier alpha value is -2.89. The molecule has 6 heteroatoms. The second-order valence-corrected chi connectivity index (χ2v) is 7.06. The number of hydrogen-bond donors (Lipinski definition) is 1. The van der Waals surface area contributed by atoms with Crippen molar-refractivity contribution in [3.8, 4) is 23.0 Å². The summed E-state index contributed by atoms with van der Waals surface area (Å²) in [5.41, 5.74) is 2.00. The Morgan fingerprint density at radius 3 is 2.50 bits per heavy atom. The summed E-state index contributed by atoms with van der Waals surface area (Å²) >= 11 is 0. The first-order chi connectivity index (χ1) is 13.5. The number of methoxy groups -OCH3 is 2. The number of hydrogen-bond acceptors (Lipinski definition) is 5. The van der Waals surface area contributed by atoms with Gasteiger partial charge in [-0.3, -0.25) is 4.79 Å². The molecule has 3 rings (SSSR count). The molecule has 1 unspecified atom stereocenters. The van der Waals surface area contributed by atoms with Crippen LogP contribution < -0.4 is 24.3 Å². The van der Waals surface area contributed by atoms with Crippen LogP contribution in [0, 0.1) is 5.92 Å². The molecule has 2 aromatic carbocycles. The predicted octanol–water partition coefficient (Wildman–Crippen LogP) is 3.53. The third-order valence-corrected chi connectivity index (χ3v) is 4.87. The van der Waals surface area contributed by atoms with Gasteiger partial charge < -0.3 is 24.3 Å². The van der Waals surface area contributed by atoms with E-state index >= 15 is 0 Å². The van der Waals surface area contributed by atoms with Crippen LogP contribution in [0.15, 0.2) is 36.4 Å². The summed E-state index contributed by atoms with van der Waals surface area (Å²) < 4.78 is 21.4. The maximum Gasteiger partial charge on any atom is 0.231 e. The van der Waals surface area contributed by atoms with Crippen LogP contribution in [0.3, 0.4) is 0 Å². The molecular formula is C22H27NO5. The second kappa shape index (κ2) is 8.87. The van der Waals surface area contributed by atoms with Crippen LogP contribution in [0.4, 0.5) is 0 Å². The lowest BCUT2D eigenvalue weighted by atomic mass is 9.87. The average Bonchev–Trinajstić information content (AvgIpc) is 3.15. The van der Waals surface area contributed by atoms with Crippen LogP contribution in [-0.4, -0.2) is 33.5 Å². The third kappa shape index (κ3) is 4.32. The molecule has 0 spiro atoms. The molecule has 0 aliphatic carbocycles. The molecule has 0 saturated carbocycles. The number of rotatable bonds is 8. The van der Waals surface area contributed by atoms with Gasteiger partial charge in [0.25, 0.3) is 0 Å². The number of carbonyl (C=O) groups excluding carboxylic acids is 1. The minimum Gasteiger partial charge on any atom is -0.493 e. The molecule has 1 atom stereocenters. The van der Waals surface area contributed by atoms with E-state index in [9.17, 15) is 4.79 Å². The van der Waals surface area contributed by atoms with Crippen molar-refractivity contribution in [3.63, 3.8) is 0 Å². The van der Waals surface area contributed by atoms with Crippen molar-refractivity contribution in [1.82, 2.24) is 5.32 Å². The van der Waals surface area contributed by atoms with Crippen molar-refractivity contribution in [2.45, 2.75) is 26.2 Å². The van der Waals surface area contributed by atoms with Gasteiger partial charge in [0.1, 0.15) is 0 Å². The van der Waals surface area contributed by atoms with Gasteiger partial charge in [0.15, 0.2) is 23.0 Å². The standard InChI is InChI=1S/C22H27NO5/c1-14(2)21(16-6-8-17(25-3)19(12-16)26-4)22(24)23-10-9-15-5-7-18-20(11-15)28-13-27-18/h5-8,11-12,14,21H,9-10,13H2,1-4H3,(H,23,24). The first-order valence-electron chi connectivity index (χ1n) is 9.41. The Morgan fingerprint density at radius 1 is 1.04 bits per heavy atom. The van der Waals surface area contributed by atoms with Crippen molar-refractivity contribution >= 4 is 5.91 Å². The summed E-state index contributed by atoms with van der Waals surface area (Å²) in [6, 6.07) is 11.5. The fraction of sp³-hybridized carbons (Fsp3) is 0.409. The van der Waals surface area contributed by atoms with Gasteiger partial charge >= 0.3 is 0 Å². The SMILES string of the molecule is COc1ccc(C(C(=O)NCCc2ccc3c(c2)OCO3)C(C)C)cc1OC. The van der Waals surface area contributed by atoms with Crippen molar-refractivity contribution in [1.29, 1.82) is 0 Å². The number of fused-ring (bicyclic) bond motifs is 1. The van der Waals surface area contributed by atoms with Crippen molar-refractivity contribution in [3.05, 3.63) is 47.5 Å². The van der Waals surface area contributed by atoms with Gasteiger partial charge in [0, 0.05) is 6.54 Å². The van der Waals surface area contributed by atoms with Gasteiger partial charge in [-0.05, 0) is 47.7 Å². The van der Waals surface area contributed by atoms with Gasteiger partial charge in [0.05, 0.1) is 20.1 Å². The summed E-state index contributed by atoms with van der Waals surface area (Å²) in [7, 11) is 3.19. The fourth-order valence-electron chi connectivity index (χ4n) is 3.42. The summed E-state index contributed by atoms with van der Waals surface area (Å²) in [5, 5.41) is 3.06. The van der Waals surface area contributed by atoms with E-state index < -0.39 is 0 Å². The molecule has 1 N–H and O–H groups in total. The van der Waals surface area contributed by atoms with Crippen LogP contribution in [-0.2, 0) is 11.2 Å². The molecule has 0 fully saturated rings. The highest BCUT2D eigenvalue weighted by Gasteiger charge is 2.25. The average molecular weight is 385 g/mol.